The van der Waals surface area contributed by atoms with Crippen molar-refractivity contribution in [2.75, 3.05) is 27.3 Å². The topological polar surface area (TPSA) is 85.6 Å². The number of halogens is 1. The number of aromatic nitrogens is 3. The summed E-state index contributed by atoms with van der Waals surface area (Å²) in [6, 6.07) is 6.44. The molecule has 1 atom stereocenters. The summed E-state index contributed by atoms with van der Waals surface area (Å²) < 4.78 is 13.1. The van der Waals surface area contributed by atoms with Gasteiger partial charge < -0.3 is 20.1 Å². The molecule has 1 aromatic carbocycles. The van der Waals surface area contributed by atoms with Crippen LogP contribution in [0.25, 0.3) is 0 Å². The van der Waals surface area contributed by atoms with Crippen LogP contribution in [0, 0.1) is 0 Å². The van der Waals surface area contributed by atoms with Gasteiger partial charge in [-0.2, -0.15) is 5.10 Å². The smallest absolute Gasteiger partial charge is 0.191 e. The van der Waals surface area contributed by atoms with Crippen molar-refractivity contribution in [3.05, 3.63) is 35.4 Å². The van der Waals surface area contributed by atoms with Gasteiger partial charge in [-0.25, -0.2) is 9.67 Å². The summed E-state index contributed by atoms with van der Waals surface area (Å²) in [6.45, 7) is 6.37. The van der Waals surface area contributed by atoms with Gasteiger partial charge in [0.25, 0.3) is 0 Å². The minimum atomic E-state index is 0. The molecule has 1 aromatic heterocycles. The predicted octanol–water partition coefficient (Wildman–Crippen LogP) is 2.98. The van der Waals surface area contributed by atoms with Crippen LogP contribution >= 0.6 is 24.0 Å². The highest BCUT2D eigenvalue weighted by molar-refractivity contribution is 14.0. The molecule has 172 valence electrons. The first-order valence-electron chi connectivity index (χ1n) is 10.9. The summed E-state index contributed by atoms with van der Waals surface area (Å²) in [7, 11) is 3.48. The number of hydrogen-bond donors (Lipinski definition) is 2. The van der Waals surface area contributed by atoms with Crippen LogP contribution in [0.3, 0.4) is 0 Å². The fraction of sp³-hybridized carbons (Fsp3) is 0.591. The molecule has 1 aliphatic rings. The molecule has 2 N–H and O–H groups in total. The van der Waals surface area contributed by atoms with Crippen LogP contribution in [-0.2, 0) is 25.8 Å². The number of rotatable bonds is 9. The normalized spacial score (nSPS) is 15.6. The lowest BCUT2D eigenvalue weighted by Crippen LogP contribution is -2.47. The number of guanidine groups is 1. The summed E-state index contributed by atoms with van der Waals surface area (Å²) in [4.78, 5) is 8.96. The Morgan fingerprint density at radius 1 is 1.29 bits per heavy atom. The number of nitrogens with one attached hydrogen (secondary N) is 2. The molecule has 0 amide bonds. The monoisotopic (exact) mass is 542 g/mol. The first-order chi connectivity index (χ1) is 14.7. The number of methoxy groups -OCH3 is 1. The second-order valence-corrected chi connectivity index (χ2v) is 7.38. The third-order valence-corrected chi connectivity index (χ3v) is 5.25. The molecule has 2 heterocycles. The predicted molar refractivity (Wildman–Crippen MR) is 134 cm³/mol. The minimum Gasteiger partial charge on any atom is -0.493 e. The maximum absolute atomic E-state index is 5.67. The Kier molecular flexibility index (Phi) is 10.4. The molecule has 0 saturated heterocycles. The molecule has 0 fully saturated rings. The Bertz CT molecular complexity index is 855. The van der Waals surface area contributed by atoms with Gasteiger partial charge in [0.05, 0.1) is 20.3 Å². The lowest BCUT2D eigenvalue weighted by molar-refractivity contribution is 0.310. The van der Waals surface area contributed by atoms with E-state index in [1.54, 1.807) is 7.11 Å². The van der Waals surface area contributed by atoms with Gasteiger partial charge in [0.15, 0.2) is 23.3 Å². The SMILES string of the molecule is CCOc1cc(CCCNC(=NC)NC2CCc3nc(CC)nn3C2)ccc1OC.I. The molecule has 31 heavy (non-hydrogen) atoms. The van der Waals surface area contributed by atoms with Gasteiger partial charge in [-0.05, 0) is 43.9 Å². The summed E-state index contributed by atoms with van der Waals surface area (Å²) in [5.41, 5.74) is 1.24. The number of aryl methyl sites for hydroxylation is 3. The molecule has 1 unspecified atom stereocenters. The summed E-state index contributed by atoms with van der Waals surface area (Å²) in [5, 5.41) is 11.5. The molecule has 3 rings (SSSR count). The zero-order valence-electron chi connectivity index (χ0n) is 19.0. The van der Waals surface area contributed by atoms with Crippen LogP contribution in [0.15, 0.2) is 23.2 Å². The quantitative estimate of drug-likeness (QED) is 0.220. The minimum absolute atomic E-state index is 0. The Balaban J connectivity index is 0.00000341. The number of hydrogen-bond acceptors (Lipinski definition) is 5. The van der Waals surface area contributed by atoms with Crippen LogP contribution in [-0.4, -0.2) is 54.1 Å². The second-order valence-electron chi connectivity index (χ2n) is 7.38. The van der Waals surface area contributed by atoms with Crippen LogP contribution in [0.5, 0.6) is 11.5 Å². The number of aliphatic imine (C=N–C) groups is 1. The van der Waals surface area contributed by atoms with Crippen LogP contribution < -0.4 is 20.1 Å². The van der Waals surface area contributed by atoms with Gasteiger partial charge in [0.1, 0.15) is 5.82 Å². The van der Waals surface area contributed by atoms with Crippen molar-refractivity contribution >= 4 is 29.9 Å². The highest BCUT2D eigenvalue weighted by Crippen LogP contribution is 2.28. The molecule has 0 saturated carbocycles. The molecule has 0 bridgehead atoms. The average molecular weight is 542 g/mol. The third-order valence-electron chi connectivity index (χ3n) is 5.25. The molecule has 0 aliphatic carbocycles. The molecule has 0 spiro atoms. The highest BCUT2D eigenvalue weighted by Gasteiger charge is 2.22. The molecule has 9 heteroatoms. The average Bonchev–Trinajstić information content (AvgIpc) is 3.19. The van der Waals surface area contributed by atoms with E-state index >= 15 is 0 Å². The molecule has 2 aromatic rings. The van der Waals surface area contributed by atoms with Gasteiger partial charge in [-0.3, -0.25) is 4.99 Å². The van der Waals surface area contributed by atoms with E-state index in [-0.39, 0.29) is 24.0 Å². The molecule has 0 radical (unpaired) electrons. The summed E-state index contributed by atoms with van der Waals surface area (Å²) in [5.74, 6) is 4.44. The van der Waals surface area contributed by atoms with Crippen molar-refractivity contribution < 1.29 is 9.47 Å². The fourth-order valence-corrected chi connectivity index (χ4v) is 3.66. The molecular weight excluding hydrogens is 507 g/mol. The lowest BCUT2D eigenvalue weighted by atomic mass is 10.1. The fourth-order valence-electron chi connectivity index (χ4n) is 3.66. The van der Waals surface area contributed by atoms with E-state index in [0.29, 0.717) is 12.6 Å². The van der Waals surface area contributed by atoms with Gasteiger partial charge >= 0.3 is 0 Å². The first-order valence-corrected chi connectivity index (χ1v) is 10.9. The van der Waals surface area contributed by atoms with E-state index in [1.165, 1.54) is 5.56 Å². The number of benzene rings is 1. The Morgan fingerprint density at radius 2 is 2.13 bits per heavy atom. The van der Waals surface area contributed by atoms with Gasteiger partial charge in [-0.1, -0.05) is 13.0 Å². The number of fused-ring (bicyclic) bond motifs is 1. The Labute approximate surface area is 202 Å². The van der Waals surface area contributed by atoms with Crippen molar-refractivity contribution in [2.45, 2.75) is 58.5 Å². The largest absolute Gasteiger partial charge is 0.493 e. The van der Waals surface area contributed by atoms with Gasteiger partial charge in [0, 0.05) is 32.5 Å². The number of nitrogens with zero attached hydrogens (tertiary/aromatic N) is 4. The van der Waals surface area contributed by atoms with Crippen LogP contribution in [0.4, 0.5) is 0 Å². The summed E-state index contributed by atoms with van der Waals surface area (Å²) in [6.07, 6.45) is 4.81. The van der Waals surface area contributed by atoms with E-state index in [1.807, 2.05) is 24.7 Å². The van der Waals surface area contributed by atoms with E-state index in [2.05, 4.69) is 44.8 Å². The van der Waals surface area contributed by atoms with E-state index in [0.717, 1.165) is 74.3 Å². The van der Waals surface area contributed by atoms with Gasteiger partial charge in [-0.15, -0.1) is 24.0 Å². The zero-order chi connectivity index (χ0) is 21.3. The zero-order valence-corrected chi connectivity index (χ0v) is 21.3. The van der Waals surface area contributed by atoms with Crippen molar-refractivity contribution in [3.8, 4) is 11.5 Å². The van der Waals surface area contributed by atoms with Crippen molar-refractivity contribution in [2.24, 2.45) is 4.99 Å². The molecule has 1 aliphatic heterocycles. The Hall–Kier alpha value is -2.04. The molecule has 8 nitrogen and oxygen atoms in total. The van der Waals surface area contributed by atoms with E-state index < -0.39 is 0 Å². The van der Waals surface area contributed by atoms with E-state index in [9.17, 15) is 0 Å². The maximum Gasteiger partial charge on any atom is 0.191 e. The molecular formula is C22H35IN6O2. The standard InChI is InChI=1S/C22H34N6O2.HI/c1-5-20-26-21-12-10-17(15-28(21)27-20)25-22(23-3)24-13-7-8-16-9-11-18(29-4)19(14-16)30-6-2;/h9,11,14,17H,5-8,10,12-13,15H2,1-4H3,(H2,23,24,25);1H. The first kappa shape index (κ1) is 25.2. The van der Waals surface area contributed by atoms with Crippen LogP contribution in [0.1, 0.15) is 43.9 Å². The third kappa shape index (κ3) is 6.98. The second kappa shape index (κ2) is 12.7. The van der Waals surface area contributed by atoms with Crippen molar-refractivity contribution in [1.29, 1.82) is 0 Å². The number of ether oxygens (including phenoxy) is 2. The Morgan fingerprint density at radius 3 is 2.84 bits per heavy atom. The van der Waals surface area contributed by atoms with Crippen molar-refractivity contribution in [3.63, 3.8) is 0 Å². The summed E-state index contributed by atoms with van der Waals surface area (Å²) >= 11 is 0. The van der Waals surface area contributed by atoms with Gasteiger partial charge in [0.2, 0.25) is 0 Å². The van der Waals surface area contributed by atoms with Crippen molar-refractivity contribution in [1.82, 2.24) is 25.4 Å². The van der Waals surface area contributed by atoms with Crippen LogP contribution in [0.2, 0.25) is 0 Å². The lowest BCUT2D eigenvalue weighted by Gasteiger charge is -2.25. The van der Waals surface area contributed by atoms with E-state index in [4.69, 9.17) is 9.47 Å². The maximum atomic E-state index is 5.67. The highest BCUT2D eigenvalue weighted by atomic mass is 127.